The number of rotatable bonds is 6. The Morgan fingerprint density at radius 2 is 2.15 bits per heavy atom. The number of ether oxygens (including phenoxy) is 2. The van der Waals surface area contributed by atoms with Gasteiger partial charge in [0, 0.05) is 24.9 Å². The molecular weight excluding hydrogens is 278 g/mol. The highest BCUT2D eigenvalue weighted by Crippen LogP contribution is 2.25. The Morgan fingerprint density at radius 3 is 2.85 bits per heavy atom. The molecule has 0 N–H and O–H groups in total. The van der Waals surface area contributed by atoms with Crippen LogP contribution < -0.4 is 0 Å². The lowest BCUT2D eigenvalue weighted by atomic mass is 10.2. The van der Waals surface area contributed by atoms with Crippen molar-refractivity contribution < 1.29 is 14.3 Å². The number of carbonyl (C=O) groups excluding carboxylic acids is 1. The van der Waals surface area contributed by atoms with Gasteiger partial charge in [0.1, 0.15) is 0 Å². The van der Waals surface area contributed by atoms with Crippen LogP contribution in [0.3, 0.4) is 0 Å². The number of halogens is 1. The topological polar surface area (TPSA) is 39.9 Å². The third kappa shape index (κ3) is 2.97. The smallest absolute Gasteiger partial charge is 0.340 e. The van der Waals surface area contributed by atoms with Crippen LogP contribution in [0.5, 0.6) is 0 Å². The molecule has 20 heavy (non-hydrogen) atoms. The van der Waals surface area contributed by atoms with Crippen LogP contribution in [0.4, 0.5) is 0 Å². The molecule has 0 aliphatic heterocycles. The number of hydrogen-bond acceptors (Lipinski definition) is 3. The minimum atomic E-state index is -0.347. The summed E-state index contributed by atoms with van der Waals surface area (Å²) in [4.78, 5) is 12.0. The third-order valence-electron chi connectivity index (χ3n) is 3.02. The van der Waals surface area contributed by atoms with Gasteiger partial charge in [0.05, 0.1) is 29.3 Å². The molecule has 0 saturated heterocycles. The van der Waals surface area contributed by atoms with Crippen LogP contribution in [-0.4, -0.2) is 30.2 Å². The highest BCUT2D eigenvalue weighted by molar-refractivity contribution is 6.34. The summed E-state index contributed by atoms with van der Waals surface area (Å²) >= 11 is 6.22. The number of carbonyl (C=O) groups is 1. The number of aromatic nitrogens is 1. The molecule has 2 rings (SSSR count). The zero-order valence-corrected chi connectivity index (χ0v) is 12.4. The first-order valence-corrected chi connectivity index (χ1v) is 7.10. The van der Waals surface area contributed by atoms with E-state index >= 15 is 0 Å². The first-order valence-electron chi connectivity index (χ1n) is 6.72. The quantitative estimate of drug-likeness (QED) is 0.606. The van der Waals surface area contributed by atoms with Crippen LogP contribution >= 0.6 is 11.6 Å². The van der Waals surface area contributed by atoms with Crippen molar-refractivity contribution in [2.75, 3.05) is 19.8 Å². The highest BCUT2D eigenvalue weighted by Gasteiger charge is 2.18. The van der Waals surface area contributed by atoms with Crippen molar-refractivity contribution >= 4 is 23.1 Å². The fourth-order valence-corrected chi connectivity index (χ4v) is 2.43. The second kappa shape index (κ2) is 6.77. The Balaban J connectivity index is 2.44. The molecule has 0 bridgehead atoms. The molecule has 0 aliphatic rings. The largest absolute Gasteiger partial charge is 0.462 e. The van der Waals surface area contributed by atoms with Gasteiger partial charge >= 0.3 is 5.97 Å². The lowest BCUT2D eigenvalue weighted by Gasteiger charge is -2.04. The van der Waals surface area contributed by atoms with Gasteiger partial charge in [0.25, 0.3) is 0 Å². The number of pyridine rings is 1. The summed E-state index contributed by atoms with van der Waals surface area (Å²) in [6.07, 6.45) is 2.61. The first-order chi connectivity index (χ1) is 9.69. The molecule has 0 unspecified atom stereocenters. The fourth-order valence-electron chi connectivity index (χ4n) is 2.16. The molecule has 0 atom stereocenters. The predicted octanol–water partition coefficient (Wildman–Crippen LogP) is 3.35. The molecule has 0 aliphatic carbocycles. The Kier molecular flexibility index (Phi) is 5.04. The van der Waals surface area contributed by atoms with Crippen LogP contribution in [0.25, 0.3) is 5.52 Å². The maximum Gasteiger partial charge on any atom is 0.340 e. The van der Waals surface area contributed by atoms with Gasteiger partial charge < -0.3 is 13.9 Å². The number of esters is 1. The summed E-state index contributed by atoms with van der Waals surface area (Å²) in [6, 6.07) is 5.46. The minimum Gasteiger partial charge on any atom is -0.462 e. The molecule has 0 radical (unpaired) electrons. The van der Waals surface area contributed by atoms with Gasteiger partial charge in [0.15, 0.2) is 0 Å². The predicted molar refractivity (Wildman–Crippen MR) is 78.6 cm³/mol. The van der Waals surface area contributed by atoms with E-state index in [4.69, 9.17) is 21.1 Å². The summed E-state index contributed by atoms with van der Waals surface area (Å²) in [6.45, 7) is 5.37. The van der Waals surface area contributed by atoms with E-state index in [1.165, 1.54) is 0 Å². The summed E-state index contributed by atoms with van der Waals surface area (Å²) in [5, 5.41) is 0.540. The van der Waals surface area contributed by atoms with E-state index in [-0.39, 0.29) is 5.97 Å². The Morgan fingerprint density at radius 1 is 1.35 bits per heavy atom. The van der Waals surface area contributed by atoms with Crippen LogP contribution in [0, 0.1) is 0 Å². The fraction of sp³-hybridized carbons (Fsp3) is 0.400. The Bertz CT molecular complexity index is 606. The van der Waals surface area contributed by atoms with Crippen molar-refractivity contribution in [1.29, 1.82) is 0 Å². The second-order valence-corrected chi connectivity index (χ2v) is 4.70. The van der Waals surface area contributed by atoms with Gasteiger partial charge in [-0.1, -0.05) is 11.6 Å². The number of nitrogens with zero attached hydrogens (tertiary/aromatic N) is 1. The monoisotopic (exact) mass is 295 g/mol. The molecule has 0 fully saturated rings. The lowest BCUT2D eigenvalue weighted by Crippen LogP contribution is -2.04. The van der Waals surface area contributed by atoms with E-state index in [0.717, 1.165) is 12.1 Å². The van der Waals surface area contributed by atoms with Gasteiger partial charge in [-0.2, -0.15) is 0 Å². The maximum absolute atomic E-state index is 12.0. The van der Waals surface area contributed by atoms with Crippen LogP contribution in [0.15, 0.2) is 24.4 Å². The van der Waals surface area contributed by atoms with E-state index in [9.17, 15) is 4.79 Å². The van der Waals surface area contributed by atoms with Crippen molar-refractivity contribution in [2.45, 2.75) is 20.3 Å². The first kappa shape index (κ1) is 14.9. The summed E-state index contributed by atoms with van der Waals surface area (Å²) in [5.74, 6) is -0.347. The molecule has 0 spiro atoms. The van der Waals surface area contributed by atoms with Gasteiger partial charge in [-0.15, -0.1) is 0 Å². The van der Waals surface area contributed by atoms with Gasteiger partial charge in [-0.05, 0) is 32.0 Å². The molecule has 0 saturated carbocycles. The van der Waals surface area contributed by atoms with Gasteiger partial charge in [-0.25, -0.2) is 4.79 Å². The lowest BCUT2D eigenvalue weighted by molar-refractivity contribution is 0.0528. The van der Waals surface area contributed by atoms with Crippen molar-refractivity contribution in [3.8, 4) is 0 Å². The van der Waals surface area contributed by atoms with Crippen molar-refractivity contribution in [3.05, 3.63) is 40.7 Å². The SMILES string of the molecule is CCOCCc1cc(C(=O)OCC)c2c(Cl)cccn12. The van der Waals surface area contributed by atoms with Gasteiger partial charge in [0.2, 0.25) is 0 Å². The normalized spacial score (nSPS) is 10.9. The second-order valence-electron chi connectivity index (χ2n) is 4.29. The molecule has 0 amide bonds. The Hall–Kier alpha value is -1.52. The van der Waals surface area contributed by atoms with E-state index in [1.807, 2.05) is 29.7 Å². The van der Waals surface area contributed by atoms with Crippen molar-refractivity contribution in [2.24, 2.45) is 0 Å². The summed E-state index contributed by atoms with van der Waals surface area (Å²) in [5.41, 5.74) is 2.18. The number of hydrogen-bond donors (Lipinski definition) is 0. The molecule has 108 valence electrons. The molecule has 2 heterocycles. The van der Waals surface area contributed by atoms with Crippen LogP contribution in [-0.2, 0) is 15.9 Å². The Labute approximate surface area is 123 Å². The zero-order valence-electron chi connectivity index (χ0n) is 11.7. The average molecular weight is 296 g/mol. The molecule has 2 aromatic heterocycles. The molecular formula is C15H18ClNO3. The third-order valence-corrected chi connectivity index (χ3v) is 3.33. The van der Waals surface area contributed by atoms with E-state index in [1.54, 1.807) is 13.0 Å². The molecule has 5 heteroatoms. The maximum atomic E-state index is 12.0. The van der Waals surface area contributed by atoms with Crippen molar-refractivity contribution in [3.63, 3.8) is 0 Å². The number of fused-ring (bicyclic) bond motifs is 1. The molecule has 0 aromatic carbocycles. The van der Waals surface area contributed by atoms with E-state index < -0.39 is 0 Å². The molecule has 4 nitrogen and oxygen atoms in total. The van der Waals surface area contributed by atoms with Crippen LogP contribution in [0.1, 0.15) is 29.9 Å². The average Bonchev–Trinajstić information content (AvgIpc) is 2.80. The molecule has 2 aromatic rings. The zero-order chi connectivity index (χ0) is 14.5. The van der Waals surface area contributed by atoms with Crippen LogP contribution in [0.2, 0.25) is 5.02 Å². The minimum absolute atomic E-state index is 0.342. The summed E-state index contributed by atoms with van der Waals surface area (Å²) in [7, 11) is 0. The van der Waals surface area contributed by atoms with Gasteiger partial charge in [-0.3, -0.25) is 0 Å². The summed E-state index contributed by atoms with van der Waals surface area (Å²) < 4.78 is 12.4. The van der Waals surface area contributed by atoms with Crippen molar-refractivity contribution in [1.82, 2.24) is 4.40 Å². The van der Waals surface area contributed by atoms with E-state index in [2.05, 4.69) is 0 Å². The highest BCUT2D eigenvalue weighted by atomic mass is 35.5. The van der Waals surface area contributed by atoms with E-state index in [0.29, 0.717) is 35.9 Å². The standard InChI is InChI=1S/C15H18ClNO3/c1-3-19-9-7-11-10-12(15(18)20-4-2)14-13(16)6-5-8-17(11)14/h5-6,8,10H,3-4,7,9H2,1-2H3.